The zero-order valence-electron chi connectivity index (χ0n) is 34.4. The second-order valence-corrected chi connectivity index (χ2v) is 15.0. The lowest BCUT2D eigenvalue weighted by Gasteiger charge is -2.23. The van der Waals surface area contributed by atoms with Gasteiger partial charge < -0.3 is 14.3 Å². The Morgan fingerprint density at radius 3 is 1.78 bits per heavy atom. The van der Waals surface area contributed by atoms with Crippen molar-refractivity contribution in [2.75, 3.05) is 13.2 Å². The summed E-state index contributed by atoms with van der Waals surface area (Å²) in [5, 5.41) is 16.4. The van der Waals surface area contributed by atoms with E-state index >= 15 is 0 Å². The molecule has 13 nitrogen and oxygen atoms in total. The third-order valence-corrected chi connectivity index (χ3v) is 9.76. The van der Waals surface area contributed by atoms with Gasteiger partial charge in [0.1, 0.15) is 53.4 Å². The molecule has 0 bridgehead atoms. The number of ketones is 4. The van der Waals surface area contributed by atoms with Crippen molar-refractivity contribution in [1.82, 2.24) is 0 Å². The number of Topliss-reactive ketones (excluding diaryl/α,β-unsaturated/α-hetero) is 4. The second kappa shape index (κ2) is 23.4. The van der Waals surface area contributed by atoms with Gasteiger partial charge in [-0.1, -0.05) is 43.0 Å². The molecule has 2 fully saturated rings. The fourth-order valence-electron chi connectivity index (χ4n) is 6.45. The quantitative estimate of drug-likeness (QED) is 0.0635. The first kappa shape index (κ1) is 51.3. The van der Waals surface area contributed by atoms with Gasteiger partial charge in [-0.25, -0.2) is 44.3 Å². The highest BCUT2D eigenvalue weighted by atomic mass is 16.7. The summed E-state index contributed by atoms with van der Waals surface area (Å²) < 4.78 is 9.42. The largest absolute Gasteiger partial charge is 0.510 e. The summed E-state index contributed by atoms with van der Waals surface area (Å²) in [7, 11) is 0. The third kappa shape index (κ3) is 13.5. The highest BCUT2D eigenvalue weighted by Gasteiger charge is 2.60. The van der Waals surface area contributed by atoms with Crippen molar-refractivity contribution in [3.63, 3.8) is 0 Å². The first-order chi connectivity index (χ1) is 27.2. The molecule has 4 aliphatic rings. The number of allylic oxidation sites excluding steroid dienone is 6. The summed E-state index contributed by atoms with van der Waals surface area (Å²) >= 11 is 0. The molecule has 0 aromatic carbocycles. The van der Waals surface area contributed by atoms with E-state index in [9.17, 15) is 24.0 Å². The van der Waals surface area contributed by atoms with Crippen LogP contribution in [0, 0.1) is 65.2 Å². The van der Waals surface area contributed by atoms with Crippen LogP contribution in [-0.4, -0.2) is 53.7 Å². The predicted octanol–water partition coefficient (Wildman–Crippen LogP) is 9.46. The van der Waals surface area contributed by atoms with Crippen LogP contribution in [0.5, 0.6) is 0 Å². The van der Waals surface area contributed by atoms with Crippen molar-refractivity contribution >= 4 is 29.3 Å². The minimum absolute atomic E-state index is 0.0139. The van der Waals surface area contributed by atoms with Gasteiger partial charge in [0.2, 0.25) is 0 Å². The molecule has 0 amide bonds. The SMILES string of the molecule is C=CCC1(C)C(=O)CCC1=O.C=CCOC(=O)OC(C)(C)C.[C-]#[N+]/C(C#N)=C1\CCC(=O)C1(C)CC=C.[C-]#[N+]C1([N+]#[C-])CC=CCC2(C)C(=O)CC=C12.[C-]#[N+]CC#N. The van der Waals surface area contributed by atoms with Gasteiger partial charge in [-0.05, 0) is 72.8 Å². The summed E-state index contributed by atoms with van der Waals surface area (Å²) in [6.07, 6.45) is 13.9. The van der Waals surface area contributed by atoms with Crippen molar-refractivity contribution in [3.8, 4) is 12.1 Å². The van der Waals surface area contributed by atoms with Gasteiger partial charge in [-0.3, -0.25) is 19.2 Å². The monoisotopic (exact) mass is 788 g/mol. The molecule has 58 heavy (non-hydrogen) atoms. The van der Waals surface area contributed by atoms with Crippen LogP contribution in [0.2, 0.25) is 0 Å². The second-order valence-electron chi connectivity index (χ2n) is 15.0. The number of nitriles is 2. The molecule has 0 spiro atoms. The van der Waals surface area contributed by atoms with Crippen LogP contribution in [0.15, 0.2) is 73.0 Å². The molecule has 4 aliphatic carbocycles. The molecule has 0 aliphatic heterocycles. The smallest absolute Gasteiger partial charge is 0.430 e. The Morgan fingerprint density at radius 2 is 1.34 bits per heavy atom. The number of carbonyl (C=O) groups is 5. The summed E-state index contributed by atoms with van der Waals surface area (Å²) in [6.45, 7) is 48.9. The number of hydrogen-bond donors (Lipinski definition) is 0. The molecule has 2 saturated carbocycles. The number of fused-ring (bicyclic) bond motifs is 1. The zero-order chi connectivity index (χ0) is 44.8. The van der Waals surface area contributed by atoms with E-state index < -0.39 is 33.7 Å². The molecular weight excluding hydrogens is 737 g/mol. The van der Waals surface area contributed by atoms with Gasteiger partial charge in [0.25, 0.3) is 12.2 Å². The average Bonchev–Trinajstić information content (AvgIpc) is 3.69. The van der Waals surface area contributed by atoms with Crippen LogP contribution in [0.1, 0.15) is 99.3 Å². The lowest BCUT2D eigenvalue weighted by Crippen LogP contribution is -2.34. The summed E-state index contributed by atoms with van der Waals surface area (Å²) in [5.41, 5.74) is -2.21. The Kier molecular flexibility index (Phi) is 20.7. The number of carbonyl (C=O) groups excluding carboxylic acids is 5. The van der Waals surface area contributed by atoms with Gasteiger partial charge >= 0.3 is 11.8 Å². The third-order valence-electron chi connectivity index (χ3n) is 9.76. The van der Waals surface area contributed by atoms with Gasteiger partial charge in [0.15, 0.2) is 0 Å². The maximum atomic E-state index is 11.9. The van der Waals surface area contributed by atoms with Crippen LogP contribution >= 0.6 is 0 Å². The van der Waals surface area contributed by atoms with Crippen LogP contribution in [0.3, 0.4) is 0 Å². The Labute approximate surface area is 343 Å². The molecule has 304 valence electrons. The minimum Gasteiger partial charge on any atom is -0.430 e. The highest BCUT2D eigenvalue weighted by molar-refractivity contribution is 6.12. The van der Waals surface area contributed by atoms with E-state index in [2.05, 4.69) is 43.9 Å². The minimum atomic E-state index is -1.17. The van der Waals surface area contributed by atoms with E-state index in [4.69, 9.17) is 41.5 Å². The normalized spacial score (nSPS) is 22.4. The van der Waals surface area contributed by atoms with Crippen molar-refractivity contribution in [2.45, 2.75) is 111 Å². The Bertz CT molecular complexity index is 1920. The lowest BCUT2D eigenvalue weighted by molar-refractivity contribution is -0.133. The fourth-order valence-corrected chi connectivity index (χ4v) is 6.45. The number of nitrogens with zero attached hydrogens (tertiary/aromatic N) is 6. The Balaban J connectivity index is 0.000000727. The first-order valence-corrected chi connectivity index (χ1v) is 18.3. The van der Waals surface area contributed by atoms with E-state index in [0.717, 1.165) is 5.57 Å². The average molecular weight is 789 g/mol. The highest BCUT2D eigenvalue weighted by Crippen LogP contribution is 2.50. The van der Waals surface area contributed by atoms with Gasteiger partial charge in [0.05, 0.1) is 23.5 Å². The summed E-state index contributed by atoms with van der Waals surface area (Å²) in [6, 6.07) is 3.53. The maximum absolute atomic E-state index is 11.9. The summed E-state index contributed by atoms with van der Waals surface area (Å²) in [4.78, 5) is 69.8. The molecule has 2 atom stereocenters. The Hall–Kier alpha value is -6.67. The van der Waals surface area contributed by atoms with E-state index in [1.165, 1.54) is 6.08 Å². The molecule has 0 radical (unpaired) electrons. The van der Waals surface area contributed by atoms with Crippen LogP contribution in [-0.2, 0) is 28.7 Å². The van der Waals surface area contributed by atoms with E-state index in [0.29, 0.717) is 63.4 Å². The standard InChI is InChI=1S/C13H12N2O.C12H12N2O.C9H12O2.C8H14O3.C3H2N2/c1-12-8-4-5-9-13(14-2,15-3)10(12)6-7-11(12)16;1-4-7-12(2)9(5-6-11(12)15)10(8-13)14-3;1-3-6-9(2)7(10)4-5-8(9)11;1-5-6-10-7(9)11-8(2,3)4;1-5-3-2-4/h4-6H,7-9H2,1H3;4H,1,5-7H2,2H3;3H,1,4-6H2,2H3;5H,1,6H2,2-4H3;3H2/b;10-9+;;;. The molecule has 0 heterocycles. The van der Waals surface area contributed by atoms with Crippen molar-refractivity contribution in [3.05, 3.63) is 119 Å². The van der Waals surface area contributed by atoms with Gasteiger partial charge in [-0.2, -0.15) is 5.26 Å². The molecule has 0 N–H and O–H groups in total. The maximum Gasteiger partial charge on any atom is 0.510 e. The van der Waals surface area contributed by atoms with E-state index in [-0.39, 0.29) is 42.0 Å². The van der Waals surface area contributed by atoms with Crippen molar-refractivity contribution < 1.29 is 33.4 Å². The first-order valence-electron chi connectivity index (χ1n) is 18.3. The molecule has 0 aromatic heterocycles. The van der Waals surface area contributed by atoms with Crippen LogP contribution in [0.25, 0.3) is 19.4 Å². The van der Waals surface area contributed by atoms with Crippen molar-refractivity contribution in [2.24, 2.45) is 16.2 Å². The predicted molar refractivity (Wildman–Crippen MR) is 218 cm³/mol. The van der Waals surface area contributed by atoms with E-state index in [1.54, 1.807) is 58.9 Å². The lowest BCUT2D eigenvalue weighted by atomic mass is 9.75. The number of rotatable bonds is 6. The molecular formula is C45H52N6O7. The topological polar surface area (TPSA) is 169 Å². The van der Waals surface area contributed by atoms with Crippen molar-refractivity contribution in [1.29, 1.82) is 10.5 Å². The molecule has 13 heteroatoms. The fraction of sp³-hybridized carbons (Fsp3) is 0.489. The van der Waals surface area contributed by atoms with Crippen LogP contribution in [0.4, 0.5) is 4.79 Å². The van der Waals surface area contributed by atoms with Crippen LogP contribution < -0.4 is 0 Å². The van der Waals surface area contributed by atoms with Gasteiger partial charge in [0, 0.05) is 31.1 Å². The zero-order valence-corrected chi connectivity index (χ0v) is 34.4. The molecule has 4 rings (SSSR count). The Morgan fingerprint density at radius 1 is 0.828 bits per heavy atom. The number of hydrogen-bond acceptors (Lipinski definition) is 9. The summed E-state index contributed by atoms with van der Waals surface area (Å²) in [5.74, 6) is 0.379. The van der Waals surface area contributed by atoms with E-state index in [1.807, 2.05) is 25.1 Å². The molecule has 2 unspecified atom stereocenters. The molecule has 0 saturated heterocycles. The molecule has 0 aromatic rings. The number of ether oxygens (including phenoxy) is 2. The van der Waals surface area contributed by atoms with Gasteiger partial charge in [-0.15, -0.1) is 13.2 Å².